The first-order chi connectivity index (χ1) is 6.81. The summed E-state index contributed by atoms with van der Waals surface area (Å²) < 4.78 is 1.88. The quantitative estimate of drug-likeness (QED) is 0.756. The van der Waals surface area contributed by atoms with Crippen molar-refractivity contribution in [1.29, 1.82) is 0 Å². The van der Waals surface area contributed by atoms with E-state index in [2.05, 4.69) is 16.1 Å². The van der Waals surface area contributed by atoms with E-state index < -0.39 is 0 Å². The third-order valence-electron chi connectivity index (χ3n) is 2.25. The van der Waals surface area contributed by atoms with Crippen molar-refractivity contribution in [1.82, 2.24) is 14.8 Å². The molecular formula is C10H14N4. The van der Waals surface area contributed by atoms with Crippen LogP contribution in [0.15, 0.2) is 24.4 Å². The van der Waals surface area contributed by atoms with Crippen molar-refractivity contribution < 1.29 is 0 Å². The smallest absolute Gasteiger partial charge is 0.109 e. The Morgan fingerprint density at radius 3 is 3.07 bits per heavy atom. The minimum Gasteiger partial charge on any atom is -0.360 e. The van der Waals surface area contributed by atoms with Crippen molar-refractivity contribution >= 4 is 0 Å². The SMILES string of the molecule is Cn1nc(-c2ccc[nH]2)cc1CCN. The number of hydrogen-bond donors (Lipinski definition) is 2. The summed E-state index contributed by atoms with van der Waals surface area (Å²) in [6, 6.07) is 6.04. The third kappa shape index (κ3) is 1.56. The second kappa shape index (κ2) is 3.67. The molecule has 0 saturated carbocycles. The topological polar surface area (TPSA) is 59.6 Å². The van der Waals surface area contributed by atoms with Gasteiger partial charge >= 0.3 is 0 Å². The Hall–Kier alpha value is -1.55. The van der Waals surface area contributed by atoms with E-state index in [1.807, 2.05) is 30.1 Å². The first-order valence-corrected chi connectivity index (χ1v) is 4.68. The lowest BCUT2D eigenvalue weighted by atomic mass is 10.2. The fourth-order valence-electron chi connectivity index (χ4n) is 1.51. The van der Waals surface area contributed by atoms with Crippen LogP contribution in [0.1, 0.15) is 5.69 Å². The molecule has 0 radical (unpaired) electrons. The number of aryl methyl sites for hydroxylation is 1. The van der Waals surface area contributed by atoms with E-state index in [1.165, 1.54) is 0 Å². The molecule has 0 aromatic carbocycles. The third-order valence-corrected chi connectivity index (χ3v) is 2.25. The standard InChI is InChI=1S/C10H14N4/c1-14-8(4-5-11)7-10(13-14)9-3-2-6-12-9/h2-3,6-7,12H,4-5,11H2,1H3. The molecule has 2 aromatic rings. The van der Waals surface area contributed by atoms with E-state index in [4.69, 9.17) is 5.73 Å². The minimum atomic E-state index is 0.656. The molecule has 0 amide bonds. The number of nitrogens with zero attached hydrogens (tertiary/aromatic N) is 2. The maximum Gasteiger partial charge on any atom is 0.109 e. The Morgan fingerprint density at radius 1 is 1.57 bits per heavy atom. The molecule has 0 fully saturated rings. The minimum absolute atomic E-state index is 0.656. The van der Waals surface area contributed by atoms with Crippen LogP contribution in [0.2, 0.25) is 0 Å². The number of hydrogen-bond acceptors (Lipinski definition) is 2. The van der Waals surface area contributed by atoms with Gasteiger partial charge in [0.1, 0.15) is 5.69 Å². The summed E-state index contributed by atoms with van der Waals surface area (Å²) in [4.78, 5) is 3.13. The van der Waals surface area contributed by atoms with Gasteiger partial charge in [-0.1, -0.05) is 0 Å². The Balaban J connectivity index is 2.33. The van der Waals surface area contributed by atoms with Gasteiger partial charge in [0.25, 0.3) is 0 Å². The van der Waals surface area contributed by atoms with E-state index in [9.17, 15) is 0 Å². The Labute approximate surface area is 82.7 Å². The van der Waals surface area contributed by atoms with Gasteiger partial charge in [-0.15, -0.1) is 0 Å². The highest BCUT2D eigenvalue weighted by atomic mass is 15.3. The highest BCUT2D eigenvalue weighted by molar-refractivity contribution is 5.54. The number of rotatable bonds is 3. The second-order valence-electron chi connectivity index (χ2n) is 3.27. The average molecular weight is 190 g/mol. The lowest BCUT2D eigenvalue weighted by Crippen LogP contribution is -2.06. The normalized spacial score (nSPS) is 10.7. The van der Waals surface area contributed by atoms with Crippen LogP contribution in [0, 0.1) is 0 Å². The number of nitrogens with one attached hydrogen (secondary N) is 1. The Morgan fingerprint density at radius 2 is 2.43 bits per heavy atom. The maximum atomic E-state index is 5.51. The van der Waals surface area contributed by atoms with E-state index >= 15 is 0 Å². The van der Waals surface area contributed by atoms with Gasteiger partial charge in [-0.2, -0.15) is 5.10 Å². The summed E-state index contributed by atoms with van der Waals surface area (Å²) in [5, 5.41) is 4.40. The molecule has 2 aromatic heterocycles. The zero-order chi connectivity index (χ0) is 9.97. The molecule has 0 unspecified atom stereocenters. The van der Waals surface area contributed by atoms with Crippen molar-refractivity contribution in [3.63, 3.8) is 0 Å². The largest absolute Gasteiger partial charge is 0.360 e. The molecule has 0 saturated heterocycles. The number of nitrogens with two attached hydrogens (primary N) is 1. The lowest BCUT2D eigenvalue weighted by Gasteiger charge is -1.96. The Bertz CT molecular complexity index is 400. The van der Waals surface area contributed by atoms with Crippen molar-refractivity contribution in [3.05, 3.63) is 30.1 Å². The van der Waals surface area contributed by atoms with Crippen molar-refractivity contribution in [2.24, 2.45) is 12.8 Å². The summed E-state index contributed by atoms with van der Waals surface area (Å²) in [5.41, 5.74) is 8.69. The first-order valence-electron chi connectivity index (χ1n) is 4.68. The highest BCUT2D eigenvalue weighted by Crippen LogP contribution is 2.16. The van der Waals surface area contributed by atoms with Crippen LogP contribution >= 0.6 is 0 Å². The zero-order valence-corrected chi connectivity index (χ0v) is 8.20. The van der Waals surface area contributed by atoms with Crippen molar-refractivity contribution in [2.75, 3.05) is 6.54 Å². The summed E-state index contributed by atoms with van der Waals surface area (Å²) in [6.45, 7) is 0.656. The van der Waals surface area contributed by atoms with Crippen molar-refractivity contribution in [3.8, 4) is 11.4 Å². The van der Waals surface area contributed by atoms with Gasteiger partial charge in [-0.05, 0) is 24.7 Å². The summed E-state index contributed by atoms with van der Waals surface area (Å²) >= 11 is 0. The highest BCUT2D eigenvalue weighted by Gasteiger charge is 2.06. The average Bonchev–Trinajstić information content (AvgIpc) is 2.76. The maximum absolute atomic E-state index is 5.51. The van der Waals surface area contributed by atoms with Crippen LogP contribution in [0.25, 0.3) is 11.4 Å². The fraction of sp³-hybridized carbons (Fsp3) is 0.300. The van der Waals surface area contributed by atoms with Gasteiger partial charge in [0.15, 0.2) is 0 Å². The van der Waals surface area contributed by atoms with E-state index in [0.29, 0.717) is 6.54 Å². The molecule has 4 nitrogen and oxygen atoms in total. The van der Waals surface area contributed by atoms with E-state index in [1.54, 1.807) is 0 Å². The summed E-state index contributed by atoms with van der Waals surface area (Å²) in [5.74, 6) is 0. The molecule has 0 aliphatic carbocycles. The molecule has 2 heterocycles. The monoisotopic (exact) mass is 190 g/mol. The van der Waals surface area contributed by atoms with Crippen LogP contribution < -0.4 is 5.73 Å². The van der Waals surface area contributed by atoms with Gasteiger partial charge in [-0.3, -0.25) is 4.68 Å². The zero-order valence-electron chi connectivity index (χ0n) is 8.20. The predicted octanol–water partition coefficient (Wildman–Crippen LogP) is 0.916. The van der Waals surface area contributed by atoms with Gasteiger partial charge in [0, 0.05) is 25.4 Å². The molecule has 14 heavy (non-hydrogen) atoms. The van der Waals surface area contributed by atoms with Gasteiger partial charge in [-0.25, -0.2) is 0 Å². The number of aromatic nitrogens is 3. The van der Waals surface area contributed by atoms with Crippen molar-refractivity contribution in [2.45, 2.75) is 6.42 Å². The van der Waals surface area contributed by atoms with Crippen LogP contribution in [-0.4, -0.2) is 21.3 Å². The molecule has 0 bridgehead atoms. The Kier molecular flexibility index (Phi) is 2.37. The van der Waals surface area contributed by atoms with Crippen LogP contribution in [-0.2, 0) is 13.5 Å². The molecular weight excluding hydrogens is 176 g/mol. The predicted molar refractivity (Wildman–Crippen MR) is 55.8 cm³/mol. The van der Waals surface area contributed by atoms with E-state index in [0.717, 1.165) is 23.5 Å². The van der Waals surface area contributed by atoms with E-state index in [-0.39, 0.29) is 0 Å². The first kappa shape index (κ1) is 9.02. The lowest BCUT2D eigenvalue weighted by molar-refractivity contribution is 0.708. The molecule has 0 aliphatic rings. The second-order valence-corrected chi connectivity index (χ2v) is 3.27. The molecule has 3 N–H and O–H groups in total. The van der Waals surface area contributed by atoms with Crippen LogP contribution in [0.5, 0.6) is 0 Å². The molecule has 4 heteroatoms. The van der Waals surface area contributed by atoms with Crippen LogP contribution in [0.4, 0.5) is 0 Å². The molecule has 0 atom stereocenters. The number of H-pyrrole nitrogens is 1. The molecule has 74 valence electrons. The van der Waals surface area contributed by atoms with Gasteiger partial charge < -0.3 is 10.7 Å². The van der Waals surface area contributed by atoms with Crippen LogP contribution in [0.3, 0.4) is 0 Å². The molecule has 2 rings (SSSR count). The van der Waals surface area contributed by atoms with Gasteiger partial charge in [0.2, 0.25) is 0 Å². The fourth-order valence-corrected chi connectivity index (χ4v) is 1.51. The molecule has 0 spiro atoms. The molecule has 0 aliphatic heterocycles. The summed E-state index contributed by atoms with van der Waals surface area (Å²) in [7, 11) is 1.94. The number of aromatic amines is 1. The summed E-state index contributed by atoms with van der Waals surface area (Å²) in [6.07, 6.45) is 2.76. The van der Waals surface area contributed by atoms with Gasteiger partial charge in [0.05, 0.1) is 5.69 Å².